The van der Waals surface area contributed by atoms with Gasteiger partial charge in [0.15, 0.2) is 0 Å². The first-order chi connectivity index (χ1) is 14.9. The zero-order valence-corrected chi connectivity index (χ0v) is 19.4. The van der Waals surface area contributed by atoms with Crippen molar-refractivity contribution >= 4 is 18.0 Å². The highest BCUT2D eigenvalue weighted by Crippen LogP contribution is 2.36. The highest BCUT2D eigenvalue weighted by Gasteiger charge is 2.34. The van der Waals surface area contributed by atoms with Crippen LogP contribution >= 0.6 is 0 Å². The van der Waals surface area contributed by atoms with E-state index in [2.05, 4.69) is 5.32 Å². The van der Waals surface area contributed by atoms with Gasteiger partial charge in [0.1, 0.15) is 5.60 Å². The summed E-state index contributed by atoms with van der Waals surface area (Å²) in [5.41, 5.74) is 6.82. The number of carbonyl (C=O) groups excluding carboxylic acids is 2. The van der Waals surface area contributed by atoms with E-state index in [-0.39, 0.29) is 18.4 Å². The molecule has 1 aliphatic rings. The summed E-state index contributed by atoms with van der Waals surface area (Å²) in [6.45, 7) is 7.54. The van der Waals surface area contributed by atoms with Gasteiger partial charge in [-0.25, -0.2) is 4.79 Å². The van der Waals surface area contributed by atoms with Crippen molar-refractivity contribution in [1.82, 2.24) is 5.32 Å². The fraction of sp³-hybridized carbons (Fsp3) is 0.625. The van der Waals surface area contributed by atoms with E-state index < -0.39 is 29.6 Å². The fourth-order valence-corrected chi connectivity index (χ4v) is 3.73. The molecule has 0 aromatic heterocycles. The zero-order chi connectivity index (χ0) is 23.9. The second-order valence-electron chi connectivity index (χ2n) is 9.67. The third-order valence-electron chi connectivity index (χ3n) is 5.62. The lowest BCUT2D eigenvalue weighted by Gasteiger charge is -2.32. The standard InChI is InChI=1S/C24H36N2O6/c1-15(20(9-10-21(25)27)26-23(30)32-24(2,3)4)31-14-17-7-5-16(6-8-17)11-18-12-19(13-18)22(28)29/h5-8,15,18-20H,9-14H2,1-4H3,(H2,25,27)(H,26,30)(H,28,29)/t15-,18?,19?,20+/m1/s1. The first-order valence-corrected chi connectivity index (χ1v) is 11.1. The molecule has 0 radical (unpaired) electrons. The molecule has 178 valence electrons. The summed E-state index contributed by atoms with van der Waals surface area (Å²) in [5.74, 6) is -0.891. The number of ether oxygens (including phenoxy) is 2. The number of amides is 2. The average molecular weight is 449 g/mol. The van der Waals surface area contributed by atoms with Gasteiger partial charge in [-0.3, -0.25) is 9.59 Å². The van der Waals surface area contributed by atoms with E-state index >= 15 is 0 Å². The highest BCUT2D eigenvalue weighted by atomic mass is 16.6. The number of carboxylic acid groups (broad SMARTS) is 1. The molecular formula is C24H36N2O6. The van der Waals surface area contributed by atoms with E-state index in [1.165, 1.54) is 5.56 Å². The molecule has 1 aliphatic carbocycles. The lowest BCUT2D eigenvalue weighted by molar-refractivity contribution is -0.146. The summed E-state index contributed by atoms with van der Waals surface area (Å²) in [6, 6.07) is 7.66. The maximum absolute atomic E-state index is 12.2. The minimum absolute atomic E-state index is 0.132. The van der Waals surface area contributed by atoms with Crippen LogP contribution in [0.25, 0.3) is 0 Å². The molecule has 8 nitrogen and oxygen atoms in total. The molecule has 2 atom stereocenters. The summed E-state index contributed by atoms with van der Waals surface area (Å²) in [5, 5.41) is 11.8. The first kappa shape index (κ1) is 25.6. The second kappa shape index (κ2) is 11.3. The molecule has 4 N–H and O–H groups in total. The number of primary amides is 1. The molecule has 0 heterocycles. The number of aliphatic carboxylic acids is 1. The molecule has 1 saturated carbocycles. The van der Waals surface area contributed by atoms with Crippen LogP contribution in [0.4, 0.5) is 4.79 Å². The van der Waals surface area contributed by atoms with Crippen molar-refractivity contribution in [2.24, 2.45) is 17.6 Å². The van der Waals surface area contributed by atoms with E-state index in [1.807, 2.05) is 31.2 Å². The normalized spacial score (nSPS) is 20.0. The Labute approximate surface area is 189 Å². The average Bonchev–Trinajstić information content (AvgIpc) is 2.64. The van der Waals surface area contributed by atoms with Crippen LogP contribution in [0, 0.1) is 11.8 Å². The van der Waals surface area contributed by atoms with Crippen molar-refractivity contribution in [1.29, 1.82) is 0 Å². The van der Waals surface area contributed by atoms with Crippen molar-refractivity contribution in [3.8, 4) is 0 Å². The SMILES string of the molecule is C[C@@H](OCc1ccc(CC2CC(C(=O)O)C2)cc1)[C@H](CCC(N)=O)NC(=O)OC(C)(C)C. The molecular weight excluding hydrogens is 412 g/mol. The van der Waals surface area contributed by atoms with Gasteiger partial charge in [-0.1, -0.05) is 24.3 Å². The molecule has 1 fully saturated rings. The number of benzene rings is 1. The van der Waals surface area contributed by atoms with E-state index in [0.717, 1.165) is 24.8 Å². The minimum Gasteiger partial charge on any atom is -0.481 e. The summed E-state index contributed by atoms with van der Waals surface area (Å²) in [6.07, 6.45) is 1.94. The van der Waals surface area contributed by atoms with Crippen LogP contribution in [0.3, 0.4) is 0 Å². The van der Waals surface area contributed by atoms with Gasteiger partial charge in [-0.2, -0.15) is 0 Å². The van der Waals surface area contributed by atoms with E-state index in [1.54, 1.807) is 20.8 Å². The number of rotatable bonds is 11. The largest absolute Gasteiger partial charge is 0.481 e. The number of hydrogen-bond donors (Lipinski definition) is 3. The van der Waals surface area contributed by atoms with Gasteiger partial charge in [0.05, 0.1) is 24.7 Å². The lowest BCUT2D eigenvalue weighted by Crippen LogP contribution is -2.45. The third kappa shape index (κ3) is 8.86. The number of nitrogens with one attached hydrogen (secondary N) is 1. The summed E-state index contributed by atoms with van der Waals surface area (Å²) in [4.78, 5) is 34.3. The van der Waals surface area contributed by atoms with Crippen LogP contribution in [-0.2, 0) is 32.1 Å². The van der Waals surface area contributed by atoms with Crippen LogP contribution in [-0.4, -0.2) is 40.8 Å². The monoisotopic (exact) mass is 448 g/mol. The van der Waals surface area contributed by atoms with Crippen molar-refractivity contribution in [2.45, 2.75) is 84.2 Å². The second-order valence-corrected chi connectivity index (χ2v) is 9.67. The fourth-order valence-electron chi connectivity index (χ4n) is 3.73. The molecule has 1 aromatic carbocycles. The Morgan fingerprint density at radius 2 is 1.75 bits per heavy atom. The summed E-state index contributed by atoms with van der Waals surface area (Å²) < 4.78 is 11.3. The summed E-state index contributed by atoms with van der Waals surface area (Å²) in [7, 11) is 0. The Morgan fingerprint density at radius 3 is 2.28 bits per heavy atom. The van der Waals surface area contributed by atoms with Crippen LogP contribution in [0.15, 0.2) is 24.3 Å². The van der Waals surface area contributed by atoms with E-state index in [4.69, 9.17) is 20.3 Å². The van der Waals surface area contributed by atoms with Gasteiger partial charge >= 0.3 is 12.1 Å². The van der Waals surface area contributed by atoms with Crippen LogP contribution < -0.4 is 11.1 Å². The molecule has 0 aliphatic heterocycles. The van der Waals surface area contributed by atoms with Crippen molar-refractivity contribution in [3.63, 3.8) is 0 Å². The Hall–Kier alpha value is -2.61. The molecule has 0 spiro atoms. The van der Waals surface area contributed by atoms with Gasteiger partial charge < -0.3 is 25.6 Å². The molecule has 0 bridgehead atoms. The minimum atomic E-state index is -0.696. The number of carbonyl (C=O) groups is 3. The lowest BCUT2D eigenvalue weighted by atomic mass is 9.72. The van der Waals surface area contributed by atoms with E-state index in [9.17, 15) is 14.4 Å². The van der Waals surface area contributed by atoms with E-state index in [0.29, 0.717) is 18.9 Å². The van der Waals surface area contributed by atoms with Crippen LogP contribution in [0.2, 0.25) is 0 Å². The molecule has 32 heavy (non-hydrogen) atoms. The Bertz CT molecular complexity index is 781. The molecule has 2 rings (SSSR count). The summed E-state index contributed by atoms with van der Waals surface area (Å²) >= 11 is 0. The van der Waals surface area contributed by atoms with Crippen LogP contribution in [0.1, 0.15) is 64.5 Å². The van der Waals surface area contributed by atoms with Gasteiger partial charge in [-0.15, -0.1) is 0 Å². The predicted molar refractivity (Wildman–Crippen MR) is 120 cm³/mol. The number of hydrogen-bond acceptors (Lipinski definition) is 5. The third-order valence-corrected chi connectivity index (χ3v) is 5.62. The van der Waals surface area contributed by atoms with Crippen molar-refractivity contribution in [2.75, 3.05) is 0 Å². The van der Waals surface area contributed by atoms with Gasteiger partial charge in [-0.05, 0) is 70.4 Å². The molecule has 8 heteroatoms. The topological polar surface area (TPSA) is 128 Å². The van der Waals surface area contributed by atoms with Gasteiger partial charge in [0.25, 0.3) is 0 Å². The Morgan fingerprint density at radius 1 is 1.16 bits per heavy atom. The quantitative estimate of drug-likeness (QED) is 0.476. The van der Waals surface area contributed by atoms with Gasteiger partial charge in [0.2, 0.25) is 5.91 Å². The molecule has 0 saturated heterocycles. The van der Waals surface area contributed by atoms with Gasteiger partial charge in [0, 0.05) is 6.42 Å². The zero-order valence-electron chi connectivity index (χ0n) is 19.4. The van der Waals surface area contributed by atoms with Crippen LogP contribution in [0.5, 0.6) is 0 Å². The number of nitrogens with two attached hydrogens (primary N) is 1. The molecule has 0 unspecified atom stereocenters. The van der Waals surface area contributed by atoms with Crippen molar-refractivity contribution < 1.29 is 29.0 Å². The molecule has 1 aromatic rings. The number of alkyl carbamates (subject to hydrolysis) is 1. The highest BCUT2D eigenvalue weighted by molar-refractivity contribution is 5.74. The first-order valence-electron chi connectivity index (χ1n) is 11.1. The Balaban J connectivity index is 1.85. The van der Waals surface area contributed by atoms with Crippen molar-refractivity contribution in [3.05, 3.63) is 35.4 Å². The molecule has 2 amide bonds. The number of carboxylic acids is 1. The predicted octanol–water partition coefficient (Wildman–Crippen LogP) is 3.40. The Kier molecular flexibility index (Phi) is 9.07. The maximum atomic E-state index is 12.2. The smallest absolute Gasteiger partial charge is 0.407 e. The maximum Gasteiger partial charge on any atom is 0.407 e.